The normalized spacial score (nSPS) is 12.4. The van der Waals surface area contributed by atoms with E-state index < -0.39 is 0 Å². The van der Waals surface area contributed by atoms with Gasteiger partial charge in [-0.3, -0.25) is 9.97 Å². The summed E-state index contributed by atoms with van der Waals surface area (Å²) in [4.78, 5) is 9.45. The summed E-state index contributed by atoms with van der Waals surface area (Å²) in [5.41, 5.74) is 7.94. The molecule has 2 N–H and O–H groups in total. The van der Waals surface area contributed by atoms with Gasteiger partial charge in [0.2, 0.25) is 0 Å². The Bertz CT molecular complexity index is 442. The SMILES string of the molecule is CSc1ccc(C(N)c2cnccn2)cc1. The highest BCUT2D eigenvalue weighted by atomic mass is 32.2. The number of nitrogens with two attached hydrogens (primary N) is 1. The topological polar surface area (TPSA) is 51.8 Å². The molecule has 0 aliphatic heterocycles. The lowest BCUT2D eigenvalue weighted by molar-refractivity contribution is 0.816. The van der Waals surface area contributed by atoms with Crippen molar-refractivity contribution in [1.82, 2.24) is 9.97 Å². The Kier molecular flexibility index (Phi) is 3.54. The summed E-state index contributed by atoms with van der Waals surface area (Å²) >= 11 is 1.72. The fourth-order valence-electron chi connectivity index (χ4n) is 1.45. The number of hydrogen-bond donors (Lipinski definition) is 1. The van der Waals surface area contributed by atoms with Gasteiger partial charge in [0, 0.05) is 17.3 Å². The summed E-state index contributed by atoms with van der Waals surface area (Å²) in [5.74, 6) is 0. The largest absolute Gasteiger partial charge is 0.319 e. The summed E-state index contributed by atoms with van der Waals surface area (Å²) in [7, 11) is 0. The summed E-state index contributed by atoms with van der Waals surface area (Å²) in [6.07, 6.45) is 7.06. The minimum Gasteiger partial charge on any atom is -0.319 e. The molecule has 2 rings (SSSR count). The van der Waals surface area contributed by atoms with Crippen LogP contribution in [0.2, 0.25) is 0 Å². The molecular formula is C12H13N3S. The van der Waals surface area contributed by atoms with Gasteiger partial charge in [-0.05, 0) is 24.0 Å². The molecule has 0 spiro atoms. The molecular weight excluding hydrogens is 218 g/mol. The van der Waals surface area contributed by atoms with E-state index in [1.54, 1.807) is 30.4 Å². The standard InChI is InChI=1S/C12H13N3S/c1-16-10-4-2-9(3-5-10)12(13)11-8-14-6-7-15-11/h2-8,12H,13H2,1H3. The molecule has 1 aromatic carbocycles. The molecule has 0 aliphatic carbocycles. The van der Waals surface area contributed by atoms with E-state index in [1.165, 1.54) is 4.90 Å². The average Bonchev–Trinajstić information content (AvgIpc) is 2.39. The molecule has 3 nitrogen and oxygen atoms in total. The molecule has 1 unspecified atom stereocenters. The molecule has 4 heteroatoms. The number of thioether (sulfide) groups is 1. The third kappa shape index (κ3) is 2.40. The minimum atomic E-state index is -0.204. The molecule has 0 bridgehead atoms. The van der Waals surface area contributed by atoms with E-state index in [-0.39, 0.29) is 6.04 Å². The molecule has 1 aromatic heterocycles. The van der Waals surface area contributed by atoms with Crippen LogP contribution < -0.4 is 5.73 Å². The highest BCUT2D eigenvalue weighted by molar-refractivity contribution is 7.98. The van der Waals surface area contributed by atoms with Crippen LogP contribution in [0.3, 0.4) is 0 Å². The van der Waals surface area contributed by atoms with Gasteiger partial charge in [0.15, 0.2) is 0 Å². The van der Waals surface area contributed by atoms with E-state index in [0.29, 0.717) is 0 Å². The van der Waals surface area contributed by atoms with Crippen LogP contribution in [-0.4, -0.2) is 16.2 Å². The van der Waals surface area contributed by atoms with Gasteiger partial charge in [0.25, 0.3) is 0 Å². The zero-order chi connectivity index (χ0) is 11.4. The van der Waals surface area contributed by atoms with E-state index in [1.807, 2.05) is 12.1 Å². The summed E-state index contributed by atoms with van der Waals surface area (Å²) in [5, 5.41) is 0. The second-order valence-corrected chi connectivity index (χ2v) is 4.26. The summed E-state index contributed by atoms with van der Waals surface area (Å²) < 4.78 is 0. The molecule has 1 atom stereocenters. The lowest BCUT2D eigenvalue weighted by Gasteiger charge is -2.11. The van der Waals surface area contributed by atoms with E-state index >= 15 is 0 Å². The van der Waals surface area contributed by atoms with E-state index in [4.69, 9.17) is 5.73 Å². The van der Waals surface area contributed by atoms with Gasteiger partial charge in [0.1, 0.15) is 0 Å². The van der Waals surface area contributed by atoms with Gasteiger partial charge >= 0.3 is 0 Å². The van der Waals surface area contributed by atoms with E-state index in [0.717, 1.165) is 11.3 Å². The van der Waals surface area contributed by atoms with Crippen molar-refractivity contribution in [2.75, 3.05) is 6.26 Å². The van der Waals surface area contributed by atoms with Crippen LogP contribution >= 0.6 is 11.8 Å². The number of benzene rings is 1. The van der Waals surface area contributed by atoms with Crippen LogP contribution in [0.15, 0.2) is 47.8 Å². The second kappa shape index (κ2) is 5.09. The monoisotopic (exact) mass is 231 g/mol. The zero-order valence-electron chi connectivity index (χ0n) is 9.00. The fourth-order valence-corrected chi connectivity index (χ4v) is 1.86. The Morgan fingerprint density at radius 1 is 1.19 bits per heavy atom. The molecule has 0 saturated carbocycles. The van der Waals surface area contributed by atoms with Gasteiger partial charge in [0.05, 0.1) is 17.9 Å². The Balaban J connectivity index is 2.24. The Morgan fingerprint density at radius 2 is 1.94 bits per heavy atom. The van der Waals surface area contributed by atoms with Gasteiger partial charge < -0.3 is 5.73 Å². The first-order valence-electron chi connectivity index (χ1n) is 4.96. The second-order valence-electron chi connectivity index (χ2n) is 3.38. The van der Waals surface area contributed by atoms with E-state index in [9.17, 15) is 0 Å². The smallest absolute Gasteiger partial charge is 0.0799 e. The quantitative estimate of drug-likeness (QED) is 0.823. The number of hydrogen-bond acceptors (Lipinski definition) is 4. The fraction of sp³-hybridized carbons (Fsp3) is 0.167. The first-order chi connectivity index (χ1) is 7.81. The predicted octanol–water partition coefficient (Wildman–Crippen LogP) is 2.25. The Hall–Kier alpha value is -1.39. The Labute approximate surface area is 99.1 Å². The molecule has 0 saturated heterocycles. The molecule has 16 heavy (non-hydrogen) atoms. The van der Waals surface area contributed by atoms with Crippen LogP contribution in [0.5, 0.6) is 0 Å². The summed E-state index contributed by atoms with van der Waals surface area (Å²) in [6, 6.07) is 7.99. The van der Waals surface area contributed by atoms with Crippen molar-refractivity contribution in [2.45, 2.75) is 10.9 Å². The van der Waals surface area contributed by atoms with Crippen LogP contribution in [0.25, 0.3) is 0 Å². The lowest BCUT2D eigenvalue weighted by Crippen LogP contribution is -2.13. The maximum atomic E-state index is 6.10. The first kappa shape index (κ1) is 11.1. The maximum Gasteiger partial charge on any atom is 0.0799 e. The predicted molar refractivity (Wildman–Crippen MR) is 66.3 cm³/mol. The van der Waals surface area contributed by atoms with Gasteiger partial charge in [-0.1, -0.05) is 12.1 Å². The van der Waals surface area contributed by atoms with Crippen molar-refractivity contribution in [2.24, 2.45) is 5.73 Å². The maximum absolute atomic E-state index is 6.10. The number of nitrogens with zero attached hydrogens (tertiary/aromatic N) is 2. The zero-order valence-corrected chi connectivity index (χ0v) is 9.82. The van der Waals surface area contributed by atoms with Crippen molar-refractivity contribution >= 4 is 11.8 Å². The van der Waals surface area contributed by atoms with Crippen LogP contribution in [-0.2, 0) is 0 Å². The Morgan fingerprint density at radius 3 is 2.50 bits per heavy atom. The third-order valence-corrected chi connectivity index (χ3v) is 3.12. The molecule has 0 radical (unpaired) electrons. The van der Waals surface area contributed by atoms with Gasteiger partial charge in [-0.15, -0.1) is 11.8 Å². The van der Waals surface area contributed by atoms with Crippen LogP contribution in [0, 0.1) is 0 Å². The van der Waals surface area contributed by atoms with Crippen LogP contribution in [0.4, 0.5) is 0 Å². The first-order valence-corrected chi connectivity index (χ1v) is 6.19. The highest BCUT2D eigenvalue weighted by Crippen LogP contribution is 2.20. The average molecular weight is 231 g/mol. The molecule has 1 heterocycles. The molecule has 2 aromatic rings. The minimum absolute atomic E-state index is 0.204. The third-order valence-electron chi connectivity index (χ3n) is 2.38. The molecule has 0 fully saturated rings. The van der Waals surface area contributed by atoms with Crippen molar-refractivity contribution in [3.8, 4) is 0 Å². The van der Waals surface area contributed by atoms with Crippen molar-refractivity contribution in [1.29, 1.82) is 0 Å². The number of aromatic nitrogens is 2. The van der Waals surface area contributed by atoms with Crippen LogP contribution in [0.1, 0.15) is 17.3 Å². The van der Waals surface area contributed by atoms with Crippen molar-refractivity contribution in [3.63, 3.8) is 0 Å². The molecule has 82 valence electrons. The van der Waals surface area contributed by atoms with Crippen molar-refractivity contribution < 1.29 is 0 Å². The van der Waals surface area contributed by atoms with Gasteiger partial charge in [-0.25, -0.2) is 0 Å². The molecule has 0 aliphatic rings. The lowest BCUT2D eigenvalue weighted by atomic mass is 10.1. The summed E-state index contributed by atoms with van der Waals surface area (Å²) in [6.45, 7) is 0. The molecule has 0 amide bonds. The van der Waals surface area contributed by atoms with Gasteiger partial charge in [-0.2, -0.15) is 0 Å². The van der Waals surface area contributed by atoms with Crippen molar-refractivity contribution in [3.05, 3.63) is 54.1 Å². The van der Waals surface area contributed by atoms with E-state index in [2.05, 4.69) is 28.4 Å². The number of rotatable bonds is 3. The highest BCUT2D eigenvalue weighted by Gasteiger charge is 2.09.